The van der Waals surface area contributed by atoms with Gasteiger partial charge in [0.05, 0.1) is 28.1 Å². The number of rotatable bonds is 4. The molecule has 126 valence electrons. The fourth-order valence-electron chi connectivity index (χ4n) is 2.36. The number of aromatic amines is 1. The van der Waals surface area contributed by atoms with Crippen LogP contribution in [0.25, 0.3) is 11.0 Å². The standard InChI is InChI=1S/C16H12F4N2OS/c17-15-10(4-3-5-11(15)16(18,19)20)8-24(23)9-14-21-12-6-1-2-7-13(12)22-14/h1-7H,8-9H2,(H,21,22). The zero-order valence-electron chi connectivity index (χ0n) is 12.2. The lowest BCUT2D eigenvalue weighted by Gasteiger charge is -2.10. The molecule has 1 aromatic heterocycles. The van der Waals surface area contributed by atoms with Gasteiger partial charge < -0.3 is 4.98 Å². The van der Waals surface area contributed by atoms with Crippen molar-refractivity contribution in [3.8, 4) is 0 Å². The van der Waals surface area contributed by atoms with Crippen molar-refractivity contribution in [3.05, 3.63) is 65.2 Å². The Bertz CT molecular complexity index is 871. The first-order chi connectivity index (χ1) is 11.3. The molecule has 1 unspecified atom stereocenters. The Hall–Kier alpha value is -2.22. The van der Waals surface area contributed by atoms with E-state index in [2.05, 4.69) is 9.97 Å². The topological polar surface area (TPSA) is 45.8 Å². The molecule has 0 saturated heterocycles. The van der Waals surface area contributed by atoms with Crippen molar-refractivity contribution in [3.63, 3.8) is 0 Å². The van der Waals surface area contributed by atoms with Gasteiger partial charge in [0.2, 0.25) is 0 Å². The van der Waals surface area contributed by atoms with E-state index >= 15 is 0 Å². The number of benzene rings is 2. The molecule has 0 aliphatic rings. The number of hydrogen-bond acceptors (Lipinski definition) is 2. The van der Waals surface area contributed by atoms with Crippen LogP contribution in [0.2, 0.25) is 0 Å². The van der Waals surface area contributed by atoms with Crippen molar-refractivity contribution >= 4 is 21.8 Å². The van der Waals surface area contributed by atoms with E-state index in [0.29, 0.717) is 17.4 Å². The first kappa shape index (κ1) is 16.6. The lowest BCUT2D eigenvalue weighted by molar-refractivity contribution is -0.140. The Labute approximate surface area is 137 Å². The van der Waals surface area contributed by atoms with Gasteiger partial charge in [0.15, 0.2) is 0 Å². The highest BCUT2D eigenvalue weighted by atomic mass is 32.2. The van der Waals surface area contributed by atoms with Crippen LogP contribution in [-0.4, -0.2) is 14.2 Å². The number of hydrogen-bond donors (Lipinski definition) is 1. The molecule has 8 heteroatoms. The lowest BCUT2D eigenvalue weighted by Crippen LogP contribution is -2.11. The number of nitrogens with one attached hydrogen (secondary N) is 1. The van der Waals surface area contributed by atoms with Crippen molar-refractivity contribution in [2.45, 2.75) is 17.7 Å². The second-order valence-electron chi connectivity index (χ2n) is 5.21. The summed E-state index contributed by atoms with van der Waals surface area (Å²) in [6.45, 7) is 0. The number of imidazole rings is 1. The van der Waals surface area contributed by atoms with Crippen molar-refractivity contribution in [2.75, 3.05) is 0 Å². The van der Waals surface area contributed by atoms with Gasteiger partial charge in [-0.25, -0.2) is 9.37 Å². The number of para-hydroxylation sites is 2. The van der Waals surface area contributed by atoms with Gasteiger partial charge in [0.25, 0.3) is 0 Å². The van der Waals surface area contributed by atoms with E-state index < -0.39 is 28.4 Å². The third-order valence-corrected chi connectivity index (χ3v) is 4.67. The molecule has 0 spiro atoms. The molecular formula is C16H12F4N2OS. The minimum atomic E-state index is -4.78. The quantitative estimate of drug-likeness (QED) is 0.713. The summed E-state index contributed by atoms with van der Waals surface area (Å²) in [4.78, 5) is 7.24. The number of fused-ring (bicyclic) bond motifs is 1. The molecule has 1 atom stereocenters. The summed E-state index contributed by atoms with van der Waals surface area (Å²) in [7, 11) is -1.60. The van der Waals surface area contributed by atoms with E-state index in [4.69, 9.17) is 0 Å². The molecule has 3 nitrogen and oxygen atoms in total. The Morgan fingerprint density at radius 3 is 2.50 bits per heavy atom. The first-order valence-corrected chi connectivity index (χ1v) is 8.46. The van der Waals surface area contributed by atoms with Crippen molar-refractivity contribution < 1.29 is 21.8 Å². The fraction of sp³-hybridized carbons (Fsp3) is 0.188. The molecule has 0 aliphatic heterocycles. The fourth-order valence-corrected chi connectivity index (χ4v) is 3.47. The lowest BCUT2D eigenvalue weighted by atomic mass is 10.1. The molecule has 0 fully saturated rings. The van der Waals surface area contributed by atoms with E-state index in [1.807, 2.05) is 12.1 Å². The molecule has 0 amide bonds. The SMILES string of the molecule is O=S(Cc1nc2ccccc2[nH]1)Cc1cccc(C(F)(F)F)c1F. The Morgan fingerprint density at radius 1 is 1.04 bits per heavy atom. The zero-order chi connectivity index (χ0) is 17.3. The monoisotopic (exact) mass is 356 g/mol. The van der Waals surface area contributed by atoms with Crippen LogP contribution >= 0.6 is 0 Å². The number of aromatic nitrogens is 2. The first-order valence-electron chi connectivity index (χ1n) is 6.98. The Kier molecular flexibility index (Phi) is 4.40. The predicted octanol–water partition coefficient (Wildman–Crippen LogP) is 4.17. The van der Waals surface area contributed by atoms with Crippen LogP contribution in [-0.2, 0) is 28.5 Å². The van der Waals surface area contributed by atoms with Crippen LogP contribution in [0.4, 0.5) is 17.6 Å². The van der Waals surface area contributed by atoms with Crippen LogP contribution in [0, 0.1) is 5.82 Å². The van der Waals surface area contributed by atoms with Gasteiger partial charge in [-0.05, 0) is 18.2 Å². The van der Waals surface area contributed by atoms with Gasteiger partial charge in [0, 0.05) is 16.4 Å². The van der Waals surface area contributed by atoms with E-state index in [0.717, 1.165) is 11.6 Å². The summed E-state index contributed by atoms with van der Waals surface area (Å²) >= 11 is 0. The van der Waals surface area contributed by atoms with E-state index in [1.165, 1.54) is 6.07 Å². The van der Waals surface area contributed by atoms with Crippen molar-refractivity contribution in [1.29, 1.82) is 0 Å². The minimum absolute atomic E-state index is 0.00433. The maximum Gasteiger partial charge on any atom is 0.419 e. The highest BCUT2D eigenvalue weighted by molar-refractivity contribution is 7.83. The van der Waals surface area contributed by atoms with Crippen LogP contribution in [0.15, 0.2) is 42.5 Å². The number of nitrogens with zero attached hydrogens (tertiary/aromatic N) is 1. The third kappa shape index (κ3) is 3.48. The summed E-state index contributed by atoms with van der Waals surface area (Å²) < 4.78 is 64.2. The minimum Gasteiger partial charge on any atom is -0.341 e. The highest BCUT2D eigenvalue weighted by Crippen LogP contribution is 2.32. The smallest absolute Gasteiger partial charge is 0.341 e. The Morgan fingerprint density at radius 2 is 1.79 bits per heavy atom. The molecule has 24 heavy (non-hydrogen) atoms. The Balaban J connectivity index is 1.78. The number of H-pyrrole nitrogens is 1. The molecule has 3 rings (SSSR count). The third-order valence-electron chi connectivity index (χ3n) is 3.44. The van der Waals surface area contributed by atoms with Gasteiger partial charge in [-0.2, -0.15) is 13.2 Å². The summed E-state index contributed by atoms with van der Waals surface area (Å²) in [6, 6.07) is 10.2. The summed E-state index contributed by atoms with van der Waals surface area (Å²) in [6.07, 6.45) is -4.78. The van der Waals surface area contributed by atoms with E-state index in [-0.39, 0.29) is 17.1 Å². The van der Waals surface area contributed by atoms with E-state index in [9.17, 15) is 21.8 Å². The van der Waals surface area contributed by atoms with Crippen molar-refractivity contribution in [1.82, 2.24) is 9.97 Å². The second-order valence-corrected chi connectivity index (χ2v) is 6.66. The summed E-state index contributed by atoms with van der Waals surface area (Å²) in [5, 5.41) is 0. The maximum absolute atomic E-state index is 14.0. The molecule has 2 aromatic carbocycles. The van der Waals surface area contributed by atoms with Gasteiger partial charge in [-0.1, -0.05) is 24.3 Å². The maximum atomic E-state index is 14.0. The molecule has 1 heterocycles. The van der Waals surface area contributed by atoms with Crippen molar-refractivity contribution in [2.24, 2.45) is 0 Å². The zero-order valence-corrected chi connectivity index (χ0v) is 13.0. The summed E-state index contributed by atoms with van der Waals surface area (Å²) in [5.41, 5.74) is -0.0931. The van der Waals surface area contributed by atoms with Crippen LogP contribution in [0.3, 0.4) is 0 Å². The largest absolute Gasteiger partial charge is 0.419 e. The summed E-state index contributed by atoms with van der Waals surface area (Å²) in [5.74, 6) is -1.23. The molecule has 0 bridgehead atoms. The van der Waals surface area contributed by atoms with Gasteiger partial charge in [0.1, 0.15) is 11.6 Å². The molecular weight excluding hydrogens is 344 g/mol. The van der Waals surface area contributed by atoms with Gasteiger partial charge in [-0.3, -0.25) is 4.21 Å². The molecule has 0 radical (unpaired) electrons. The average Bonchev–Trinajstić information content (AvgIpc) is 2.90. The second kappa shape index (κ2) is 6.35. The normalized spacial score (nSPS) is 13.3. The highest BCUT2D eigenvalue weighted by Gasteiger charge is 2.34. The molecule has 3 aromatic rings. The number of alkyl halides is 3. The predicted molar refractivity (Wildman–Crippen MR) is 83.0 cm³/mol. The van der Waals surface area contributed by atoms with Gasteiger partial charge >= 0.3 is 6.18 Å². The van der Waals surface area contributed by atoms with Gasteiger partial charge in [-0.15, -0.1) is 0 Å². The molecule has 0 saturated carbocycles. The molecule has 1 N–H and O–H groups in total. The van der Waals surface area contributed by atoms with E-state index in [1.54, 1.807) is 12.1 Å². The van der Waals surface area contributed by atoms with Crippen LogP contribution in [0.5, 0.6) is 0 Å². The number of halogens is 4. The van der Waals surface area contributed by atoms with Crippen LogP contribution in [0.1, 0.15) is 17.0 Å². The average molecular weight is 356 g/mol. The molecule has 0 aliphatic carbocycles. The van der Waals surface area contributed by atoms with Crippen LogP contribution < -0.4 is 0 Å².